The third-order valence-corrected chi connectivity index (χ3v) is 20.7. The number of hydrogen-bond donors (Lipinski definition) is 0. The topological polar surface area (TPSA) is 155 Å². The van der Waals surface area contributed by atoms with Gasteiger partial charge >= 0.3 is 0 Å². The predicted octanol–water partition coefficient (Wildman–Crippen LogP) is 25.1. The Balaban J connectivity index is 0.000000155. The molecule has 20 rings (SSSR count). The number of hydrogen-bond acceptors (Lipinski definition) is 12. The molecule has 20 aromatic rings. The zero-order valence-electron chi connectivity index (χ0n) is 62.6. The lowest BCUT2D eigenvalue weighted by atomic mass is 9.94. The minimum absolute atomic E-state index is 0.682. The third-order valence-electron chi connectivity index (χ3n) is 20.7. The molecular formula is C104H68N12. The summed E-state index contributed by atoms with van der Waals surface area (Å²) in [5, 5.41) is 4.75. The summed E-state index contributed by atoms with van der Waals surface area (Å²) >= 11 is 0. The molecule has 0 unspecified atom stereocenters. The van der Waals surface area contributed by atoms with Crippen LogP contribution < -0.4 is 0 Å². The lowest BCUT2D eigenvalue weighted by Crippen LogP contribution is -1.96. The Morgan fingerprint density at radius 1 is 0.138 bits per heavy atom. The Hall–Kier alpha value is -15.9. The molecule has 544 valence electrons. The van der Waals surface area contributed by atoms with Gasteiger partial charge in [-0.2, -0.15) is 0 Å². The number of rotatable bonds is 16. The summed E-state index contributed by atoms with van der Waals surface area (Å²) in [6.45, 7) is 0. The van der Waals surface area contributed by atoms with Crippen molar-refractivity contribution in [3.63, 3.8) is 0 Å². The molecule has 116 heavy (non-hydrogen) atoms. The number of aromatic nitrogens is 12. The van der Waals surface area contributed by atoms with Gasteiger partial charge in [0.25, 0.3) is 0 Å². The van der Waals surface area contributed by atoms with E-state index < -0.39 is 0 Å². The molecule has 0 aliphatic heterocycles. The molecule has 0 fully saturated rings. The lowest BCUT2D eigenvalue weighted by Gasteiger charge is -2.12. The summed E-state index contributed by atoms with van der Waals surface area (Å²) in [6.07, 6.45) is 14.4. The summed E-state index contributed by atoms with van der Waals surface area (Å²) in [5.41, 5.74) is 27.9. The molecule has 0 saturated heterocycles. The van der Waals surface area contributed by atoms with Gasteiger partial charge in [-0.3, -0.25) is 19.9 Å². The number of pyridine rings is 4. The van der Waals surface area contributed by atoms with E-state index in [1.165, 1.54) is 32.7 Å². The van der Waals surface area contributed by atoms with E-state index in [0.29, 0.717) is 23.3 Å². The molecule has 0 aliphatic rings. The van der Waals surface area contributed by atoms with Gasteiger partial charge in [-0.1, -0.05) is 279 Å². The van der Waals surface area contributed by atoms with Crippen molar-refractivity contribution in [3.05, 3.63) is 414 Å². The smallest absolute Gasteiger partial charge is 0.160 e. The molecule has 0 N–H and O–H groups in total. The fourth-order valence-electron chi connectivity index (χ4n) is 14.6. The first-order valence-electron chi connectivity index (χ1n) is 38.3. The first-order chi connectivity index (χ1) is 57.4. The van der Waals surface area contributed by atoms with E-state index in [2.05, 4.69) is 202 Å². The standard InChI is InChI=1S/2C52H34N6/c1-3-10-39(11-4-1)51-55-47(31-49(57-51)43-15-8-28-53-33-43)37-22-18-35(19-23-37)41-26-27-46-42(30-41)14-7-17-45(46)36-20-24-38(25-21-36)48-32-50(44-16-9-29-54-34-44)58-52(56-48)40-12-5-2-6-13-40;1-3-8-41(9-4-1)51-55-47(33-49(57-51)39-24-28-53-29-25-39)37-18-14-35(15-19-37)43-22-23-46-44(32-43)12-7-13-45(46)36-16-20-38(21-17-36)48-34-50(40-26-30-54-31-27-40)58-52(56-48)42-10-5-2-6-11-42/h2*1-34H. The van der Waals surface area contributed by atoms with Gasteiger partial charge in [-0.25, -0.2) is 39.9 Å². The van der Waals surface area contributed by atoms with Crippen molar-refractivity contribution in [2.24, 2.45) is 0 Å². The number of fused-ring (bicyclic) bond motifs is 2. The molecule has 0 saturated carbocycles. The van der Waals surface area contributed by atoms with Crippen molar-refractivity contribution < 1.29 is 0 Å². The summed E-state index contributed by atoms with van der Waals surface area (Å²) in [5.74, 6) is 2.74. The molecule has 0 atom stereocenters. The van der Waals surface area contributed by atoms with Crippen LogP contribution in [0.4, 0.5) is 0 Å². The molecule has 12 nitrogen and oxygen atoms in total. The van der Waals surface area contributed by atoms with Crippen LogP contribution in [-0.4, -0.2) is 59.8 Å². The highest BCUT2D eigenvalue weighted by Crippen LogP contribution is 2.39. The van der Waals surface area contributed by atoms with E-state index in [1.54, 1.807) is 37.2 Å². The Morgan fingerprint density at radius 2 is 0.388 bits per heavy atom. The molecule has 0 radical (unpaired) electrons. The Kier molecular flexibility index (Phi) is 19.6. The van der Waals surface area contributed by atoms with Crippen LogP contribution in [0.3, 0.4) is 0 Å². The first-order valence-corrected chi connectivity index (χ1v) is 38.3. The Bertz CT molecular complexity index is 6210. The SMILES string of the molecule is c1ccc(-c2nc(-c3ccc(-c4ccc5c(-c6ccc(-c7cc(-c8cccnc8)nc(-c8ccccc8)n7)cc6)cccc5c4)cc3)cc(-c3cccnc3)n2)cc1.c1ccc(-c2nc(-c3ccncc3)cc(-c3ccc(-c4ccc5c(-c6ccc(-c7cc(-c8ccncc8)nc(-c8ccccc8)n7)cc6)cccc5c4)cc3)n2)cc1. The van der Waals surface area contributed by atoms with Crippen LogP contribution in [0.1, 0.15) is 0 Å². The number of nitrogens with zero attached hydrogens (tertiary/aromatic N) is 12. The second-order valence-corrected chi connectivity index (χ2v) is 28.1. The fourth-order valence-corrected chi connectivity index (χ4v) is 14.6. The minimum Gasteiger partial charge on any atom is -0.265 e. The maximum absolute atomic E-state index is 5.01. The zero-order chi connectivity index (χ0) is 77.4. The van der Waals surface area contributed by atoms with Crippen LogP contribution in [0, 0.1) is 0 Å². The van der Waals surface area contributed by atoms with Crippen molar-refractivity contribution in [3.8, 4) is 180 Å². The van der Waals surface area contributed by atoms with E-state index in [-0.39, 0.29) is 0 Å². The van der Waals surface area contributed by atoms with E-state index in [0.717, 1.165) is 146 Å². The van der Waals surface area contributed by atoms with Gasteiger partial charge in [0.05, 0.1) is 45.6 Å². The second kappa shape index (κ2) is 32.2. The van der Waals surface area contributed by atoms with Crippen molar-refractivity contribution in [2.45, 2.75) is 0 Å². The van der Waals surface area contributed by atoms with E-state index in [4.69, 9.17) is 39.9 Å². The second-order valence-electron chi connectivity index (χ2n) is 28.1. The highest BCUT2D eigenvalue weighted by atomic mass is 14.9. The zero-order valence-corrected chi connectivity index (χ0v) is 62.6. The van der Waals surface area contributed by atoms with Gasteiger partial charge in [0, 0.05) is 116 Å². The van der Waals surface area contributed by atoms with Crippen molar-refractivity contribution >= 4 is 21.5 Å². The molecule has 0 bridgehead atoms. The average Bonchev–Trinajstić information content (AvgIpc) is 0.798. The van der Waals surface area contributed by atoms with Crippen LogP contribution in [0.25, 0.3) is 202 Å². The van der Waals surface area contributed by atoms with Gasteiger partial charge in [0.1, 0.15) is 0 Å². The van der Waals surface area contributed by atoms with Gasteiger partial charge in [0.2, 0.25) is 0 Å². The number of benzene rings is 12. The van der Waals surface area contributed by atoms with E-state index >= 15 is 0 Å². The maximum Gasteiger partial charge on any atom is 0.160 e. The van der Waals surface area contributed by atoms with Gasteiger partial charge in [-0.05, 0) is 151 Å². The quantitative estimate of drug-likeness (QED) is 0.0904. The van der Waals surface area contributed by atoms with E-state index in [9.17, 15) is 0 Å². The summed E-state index contributed by atoms with van der Waals surface area (Å²) in [7, 11) is 0. The molecule has 0 spiro atoms. The summed E-state index contributed by atoms with van der Waals surface area (Å²) in [4.78, 5) is 56.7. The Morgan fingerprint density at radius 3 is 0.672 bits per heavy atom. The fraction of sp³-hybridized carbons (Fsp3) is 0. The summed E-state index contributed by atoms with van der Waals surface area (Å²) in [6, 6.07) is 125. The van der Waals surface area contributed by atoms with Gasteiger partial charge in [0.15, 0.2) is 23.3 Å². The van der Waals surface area contributed by atoms with Crippen LogP contribution in [0.5, 0.6) is 0 Å². The molecule has 12 heteroatoms. The molecule has 0 aliphatic carbocycles. The van der Waals surface area contributed by atoms with Crippen LogP contribution in [0.2, 0.25) is 0 Å². The van der Waals surface area contributed by atoms with Crippen molar-refractivity contribution in [1.82, 2.24) is 59.8 Å². The van der Waals surface area contributed by atoms with Crippen LogP contribution in [0.15, 0.2) is 414 Å². The van der Waals surface area contributed by atoms with Gasteiger partial charge in [-0.15, -0.1) is 0 Å². The van der Waals surface area contributed by atoms with Crippen LogP contribution >= 0.6 is 0 Å². The maximum atomic E-state index is 5.01. The normalized spacial score (nSPS) is 11.1. The Labute approximate surface area is 670 Å². The molecule has 12 aromatic carbocycles. The van der Waals surface area contributed by atoms with Crippen molar-refractivity contribution in [2.75, 3.05) is 0 Å². The predicted molar refractivity (Wildman–Crippen MR) is 468 cm³/mol. The molecule has 8 aromatic heterocycles. The first kappa shape index (κ1) is 70.5. The lowest BCUT2D eigenvalue weighted by molar-refractivity contribution is 1.18. The summed E-state index contributed by atoms with van der Waals surface area (Å²) < 4.78 is 0. The molecule has 8 heterocycles. The highest BCUT2D eigenvalue weighted by Gasteiger charge is 2.19. The highest BCUT2D eigenvalue weighted by molar-refractivity contribution is 6.01. The average molecular weight is 1490 g/mol. The third kappa shape index (κ3) is 15.3. The minimum atomic E-state index is 0.682. The van der Waals surface area contributed by atoms with Crippen LogP contribution in [-0.2, 0) is 0 Å². The largest absolute Gasteiger partial charge is 0.265 e. The monoisotopic (exact) mass is 1480 g/mol. The van der Waals surface area contributed by atoms with Crippen molar-refractivity contribution in [1.29, 1.82) is 0 Å². The van der Waals surface area contributed by atoms with E-state index in [1.807, 2.05) is 194 Å². The van der Waals surface area contributed by atoms with Gasteiger partial charge < -0.3 is 0 Å². The molecular weight excluding hydrogens is 1420 g/mol. The molecule has 0 amide bonds.